The molecule has 0 amide bonds. The first-order valence-corrected chi connectivity index (χ1v) is 12.0. The van der Waals surface area contributed by atoms with Gasteiger partial charge < -0.3 is 0 Å². The molecule has 0 aromatic heterocycles. The van der Waals surface area contributed by atoms with Crippen molar-refractivity contribution in [2.24, 2.45) is 0 Å². The molecule has 0 bridgehead atoms. The van der Waals surface area contributed by atoms with Gasteiger partial charge in [0.2, 0.25) is 0 Å². The molecule has 5 radical (unpaired) electrons. The molecule has 1 aliphatic carbocycles. The summed E-state index contributed by atoms with van der Waals surface area (Å²) in [6, 6.07) is 0. The summed E-state index contributed by atoms with van der Waals surface area (Å²) in [5.41, 5.74) is 0. The molecule has 4 heteroatoms. The van der Waals surface area contributed by atoms with Gasteiger partial charge in [0.05, 0.1) is 0 Å². The van der Waals surface area contributed by atoms with Gasteiger partial charge in [-0.3, -0.25) is 0 Å². The van der Waals surface area contributed by atoms with E-state index in [1.165, 1.54) is 29.6 Å². The molecular formula is C17H33MoOP2. The number of hydrogen-bond acceptors (Lipinski definition) is 0. The van der Waals surface area contributed by atoms with Crippen LogP contribution in [0.4, 0.5) is 0 Å². The Bertz CT molecular complexity index is 176. The fourth-order valence-corrected chi connectivity index (χ4v) is 1.41. The Morgan fingerprint density at radius 3 is 0.619 bits per heavy atom. The van der Waals surface area contributed by atoms with Gasteiger partial charge in [0.1, 0.15) is 0 Å². The molecule has 0 unspecified atom stereocenters. The third-order valence-corrected chi connectivity index (χ3v) is 2.81. The van der Waals surface area contributed by atoms with E-state index in [1.54, 1.807) is 0 Å². The van der Waals surface area contributed by atoms with Crippen molar-refractivity contribution in [1.82, 2.24) is 0 Å². The van der Waals surface area contributed by atoms with Crippen LogP contribution in [0.15, 0.2) is 0 Å². The molecule has 0 heterocycles. The van der Waals surface area contributed by atoms with E-state index in [2.05, 4.69) is 81.3 Å². The van der Waals surface area contributed by atoms with Gasteiger partial charge in [-0.05, 0) is 69.6 Å². The third kappa shape index (κ3) is 17.5. The van der Waals surface area contributed by atoms with Crippen molar-refractivity contribution >= 4 is 15.8 Å². The van der Waals surface area contributed by atoms with Crippen LogP contribution in [0.1, 0.15) is 34.6 Å². The minimum atomic E-state index is 0. The first-order valence-electron chi connectivity index (χ1n) is 6.64. The predicted molar refractivity (Wildman–Crippen MR) is 97.9 cm³/mol. The number of hydrogen-bond donors (Lipinski definition) is 0. The second-order valence-electron chi connectivity index (χ2n) is 5.81. The van der Waals surface area contributed by atoms with Crippen molar-refractivity contribution in [2.45, 2.75) is 34.6 Å². The summed E-state index contributed by atoms with van der Waals surface area (Å²) in [6.45, 7) is 28.9. The Morgan fingerprint density at radius 1 is 0.524 bits per heavy atom. The standard InChI is InChI=1S/C10H15.2C3H9P.CO.Mo/c1-6-7(2)9(4)10(5)8(6)3;2*1-4(2)3;1-2;/h1-5H3;2*1-3H3;;. The monoisotopic (exact) mass is 413 g/mol. The summed E-state index contributed by atoms with van der Waals surface area (Å²) in [5, 5.41) is 0. The minimum absolute atomic E-state index is 0. The molecule has 0 atom stereocenters. The zero-order valence-corrected chi connectivity index (χ0v) is 19.5. The van der Waals surface area contributed by atoms with Crippen LogP contribution in [-0.4, -0.2) is 40.0 Å². The van der Waals surface area contributed by atoms with Crippen molar-refractivity contribution in [1.29, 1.82) is 0 Å². The van der Waals surface area contributed by atoms with E-state index in [-0.39, 0.29) is 21.1 Å². The quantitative estimate of drug-likeness (QED) is 0.213. The topological polar surface area (TPSA) is 19.9 Å². The van der Waals surface area contributed by atoms with E-state index in [0.29, 0.717) is 15.8 Å². The van der Waals surface area contributed by atoms with Gasteiger partial charge >= 0.3 is 11.3 Å². The van der Waals surface area contributed by atoms with Gasteiger partial charge in [-0.1, -0.05) is 34.6 Å². The first kappa shape index (κ1) is 30.2. The summed E-state index contributed by atoms with van der Waals surface area (Å²) in [7, 11) is 0.759. The molecule has 0 saturated heterocycles. The molecular weight excluding hydrogens is 378 g/mol. The van der Waals surface area contributed by atoms with Crippen molar-refractivity contribution < 1.29 is 25.7 Å². The fourth-order valence-electron chi connectivity index (χ4n) is 1.41. The summed E-state index contributed by atoms with van der Waals surface area (Å²) >= 11 is 0. The van der Waals surface area contributed by atoms with Gasteiger partial charge in [-0.15, -0.1) is 15.8 Å². The van der Waals surface area contributed by atoms with Crippen LogP contribution in [0, 0.1) is 36.2 Å². The van der Waals surface area contributed by atoms with E-state index in [1.807, 2.05) is 0 Å². The zero-order valence-electron chi connectivity index (χ0n) is 15.7. The largest absolute Gasteiger partial charge is 0 e. The molecule has 0 spiro atoms. The summed E-state index contributed by atoms with van der Waals surface area (Å²) in [4.78, 5) is 0. The van der Waals surface area contributed by atoms with Gasteiger partial charge in [0.25, 0.3) is 0 Å². The van der Waals surface area contributed by atoms with Crippen LogP contribution in [0.5, 0.6) is 0 Å². The Hall–Kier alpha value is 1.29. The fraction of sp³-hybridized carbons (Fsp3) is 0.647. The van der Waals surface area contributed by atoms with Crippen LogP contribution in [0.25, 0.3) is 0 Å². The zero-order chi connectivity index (χ0) is 17.0. The molecule has 1 nitrogen and oxygen atoms in total. The van der Waals surface area contributed by atoms with E-state index in [0.717, 1.165) is 0 Å². The second kappa shape index (κ2) is 17.6. The van der Waals surface area contributed by atoms with E-state index in [4.69, 9.17) is 4.65 Å². The normalized spacial score (nSPS) is 17.1. The molecule has 0 aromatic rings. The Morgan fingerprint density at radius 2 is 0.571 bits per heavy atom. The molecule has 21 heavy (non-hydrogen) atoms. The van der Waals surface area contributed by atoms with Crippen molar-refractivity contribution in [2.75, 3.05) is 40.0 Å². The van der Waals surface area contributed by atoms with Crippen LogP contribution < -0.4 is 0 Å². The summed E-state index contributed by atoms with van der Waals surface area (Å²) in [5.74, 6) is 7.34. The molecule has 0 aromatic carbocycles. The second-order valence-corrected chi connectivity index (χ2v) is 11.2. The summed E-state index contributed by atoms with van der Waals surface area (Å²) < 4.78 is 7.50. The van der Waals surface area contributed by atoms with Gasteiger partial charge in [-0.25, -0.2) is 0 Å². The van der Waals surface area contributed by atoms with Gasteiger partial charge in [-0.2, -0.15) is 0 Å². The van der Waals surface area contributed by atoms with E-state index < -0.39 is 0 Å². The van der Waals surface area contributed by atoms with Crippen LogP contribution in [0.2, 0.25) is 0 Å². The van der Waals surface area contributed by atoms with Crippen molar-refractivity contribution in [3.63, 3.8) is 0 Å². The molecule has 0 aliphatic heterocycles. The van der Waals surface area contributed by atoms with Gasteiger partial charge in [0, 0.05) is 21.1 Å². The summed E-state index contributed by atoms with van der Waals surface area (Å²) in [6.07, 6.45) is 0. The number of rotatable bonds is 0. The molecule has 1 saturated carbocycles. The third-order valence-electron chi connectivity index (χ3n) is 2.81. The maximum atomic E-state index is 7.50. The Kier molecular flexibility index (Phi) is 25.4. The average Bonchev–Trinajstić information content (AvgIpc) is 2.49. The Labute approximate surface area is 152 Å². The van der Waals surface area contributed by atoms with Crippen molar-refractivity contribution in [3.05, 3.63) is 36.2 Å². The Balaban J connectivity index is -0.000000112. The molecule has 1 rings (SSSR count). The maximum absolute atomic E-state index is 7.50. The smallest absolute Gasteiger partial charge is 0 e. The van der Waals surface area contributed by atoms with E-state index in [9.17, 15) is 0 Å². The molecule has 1 aliphatic rings. The molecule has 1 fully saturated rings. The van der Waals surface area contributed by atoms with Gasteiger partial charge in [0.15, 0.2) is 0 Å². The molecule has 123 valence electrons. The molecule has 0 N–H and O–H groups in total. The first-order chi connectivity index (χ1) is 9.02. The maximum Gasteiger partial charge on any atom is 0 e. The minimum Gasteiger partial charge on any atom is 0 e. The predicted octanol–water partition coefficient (Wildman–Crippen LogP) is 5.65. The SMILES string of the molecule is CP(C)C.CP(C)C.C[C]1[C](C)[C](C)[C](C)[C]1C.[C-]#[O+].[Mo]. The van der Waals surface area contributed by atoms with Crippen LogP contribution in [-0.2, 0) is 25.7 Å². The van der Waals surface area contributed by atoms with Crippen molar-refractivity contribution in [3.8, 4) is 0 Å². The van der Waals surface area contributed by atoms with Crippen LogP contribution in [0.3, 0.4) is 0 Å². The average molecular weight is 411 g/mol. The van der Waals surface area contributed by atoms with E-state index >= 15 is 0 Å². The van der Waals surface area contributed by atoms with Crippen LogP contribution >= 0.6 is 15.8 Å².